The Kier molecular flexibility index (Phi) is 4.79. The summed E-state index contributed by atoms with van der Waals surface area (Å²) in [6.45, 7) is 0. The first-order valence-corrected chi connectivity index (χ1v) is 7.10. The zero-order valence-electron chi connectivity index (χ0n) is 9.94. The lowest BCUT2D eigenvalue weighted by Crippen LogP contribution is -2.27. The monoisotopic (exact) mass is 386 g/mol. The number of nitrogens with one attached hydrogen (secondary N) is 1. The summed E-state index contributed by atoms with van der Waals surface area (Å²) in [6.07, 6.45) is 0. The van der Waals surface area contributed by atoms with E-state index in [1.165, 1.54) is 0 Å². The second-order valence-corrected chi connectivity index (χ2v) is 5.60. The van der Waals surface area contributed by atoms with Crippen molar-refractivity contribution in [1.29, 1.82) is 0 Å². The molecule has 19 heavy (non-hydrogen) atoms. The molecule has 98 valence electrons. The van der Waals surface area contributed by atoms with Gasteiger partial charge in [-0.2, -0.15) is 0 Å². The minimum absolute atomic E-state index is 0.244. The number of carbonyl (C=O) groups is 1. The van der Waals surface area contributed by atoms with Crippen LogP contribution in [0.2, 0.25) is 5.02 Å². The van der Waals surface area contributed by atoms with Gasteiger partial charge in [0.2, 0.25) is 5.91 Å². The van der Waals surface area contributed by atoms with Crippen LogP contribution in [0.4, 0.5) is 5.69 Å². The summed E-state index contributed by atoms with van der Waals surface area (Å²) in [5.41, 5.74) is 7.42. The summed E-state index contributed by atoms with van der Waals surface area (Å²) in [6, 6.07) is 13.8. The second kappa shape index (κ2) is 6.36. The average Bonchev–Trinajstić information content (AvgIpc) is 2.42. The molecule has 0 spiro atoms. The molecule has 3 nitrogen and oxygen atoms in total. The van der Waals surface area contributed by atoms with Gasteiger partial charge in [-0.05, 0) is 46.4 Å². The third-order valence-corrected chi connectivity index (χ3v) is 3.76. The van der Waals surface area contributed by atoms with Crippen LogP contribution in [0.15, 0.2) is 48.5 Å². The zero-order valence-corrected chi connectivity index (χ0v) is 12.9. The Balaban J connectivity index is 2.13. The lowest BCUT2D eigenvalue weighted by atomic mass is 10.1. The van der Waals surface area contributed by atoms with Crippen molar-refractivity contribution in [3.05, 3.63) is 62.7 Å². The van der Waals surface area contributed by atoms with E-state index in [4.69, 9.17) is 17.3 Å². The van der Waals surface area contributed by atoms with Crippen molar-refractivity contribution in [2.75, 3.05) is 5.32 Å². The molecule has 0 fully saturated rings. The van der Waals surface area contributed by atoms with Gasteiger partial charge in [0.15, 0.2) is 0 Å². The molecule has 0 aliphatic heterocycles. The van der Waals surface area contributed by atoms with E-state index in [1.807, 2.05) is 30.3 Å². The molecular weight excluding hydrogens is 375 g/mol. The summed E-state index contributed by atoms with van der Waals surface area (Å²) >= 11 is 7.99. The van der Waals surface area contributed by atoms with Gasteiger partial charge in [-0.25, -0.2) is 0 Å². The third-order valence-electron chi connectivity index (χ3n) is 2.63. The Morgan fingerprint density at radius 3 is 2.53 bits per heavy atom. The second-order valence-electron chi connectivity index (χ2n) is 4.00. The maximum atomic E-state index is 12.1. The summed E-state index contributed by atoms with van der Waals surface area (Å²) in [5, 5.41) is 3.44. The molecule has 0 bridgehead atoms. The molecule has 0 unspecified atom stereocenters. The van der Waals surface area contributed by atoms with Gasteiger partial charge < -0.3 is 11.1 Å². The molecule has 0 saturated carbocycles. The highest BCUT2D eigenvalue weighted by Crippen LogP contribution is 2.23. The van der Waals surface area contributed by atoms with Crippen molar-refractivity contribution in [2.45, 2.75) is 6.04 Å². The fourth-order valence-corrected chi connectivity index (χ4v) is 2.62. The average molecular weight is 387 g/mol. The maximum absolute atomic E-state index is 12.1. The molecule has 0 aliphatic rings. The predicted octanol–water partition coefficient (Wildman–Crippen LogP) is 3.58. The summed E-state index contributed by atoms with van der Waals surface area (Å²) in [5.74, 6) is -0.244. The highest BCUT2D eigenvalue weighted by Gasteiger charge is 2.16. The largest absolute Gasteiger partial charge is 0.323 e. The van der Waals surface area contributed by atoms with Gasteiger partial charge in [-0.1, -0.05) is 41.9 Å². The predicted molar refractivity (Wildman–Crippen MR) is 86.2 cm³/mol. The number of nitrogens with two attached hydrogens (primary N) is 1. The third kappa shape index (κ3) is 3.68. The molecule has 0 radical (unpaired) electrons. The van der Waals surface area contributed by atoms with Crippen molar-refractivity contribution in [1.82, 2.24) is 0 Å². The number of amides is 1. The Morgan fingerprint density at radius 1 is 1.21 bits per heavy atom. The van der Waals surface area contributed by atoms with E-state index in [0.717, 1.165) is 9.13 Å². The number of halogens is 2. The number of carbonyl (C=O) groups excluding carboxylic acids is 1. The first-order valence-electron chi connectivity index (χ1n) is 5.64. The van der Waals surface area contributed by atoms with Crippen LogP contribution < -0.4 is 11.1 Å². The van der Waals surface area contributed by atoms with Crippen LogP contribution in [0.5, 0.6) is 0 Å². The van der Waals surface area contributed by atoms with Crippen LogP contribution >= 0.6 is 34.2 Å². The SMILES string of the molecule is N[C@H](C(=O)Nc1ccc(Cl)cc1I)c1ccccc1. The highest BCUT2D eigenvalue weighted by atomic mass is 127. The standard InChI is InChI=1S/C14H12ClIN2O/c15-10-6-7-12(11(16)8-10)18-14(19)13(17)9-4-2-1-3-5-9/h1-8,13H,17H2,(H,18,19)/t13-/m0/s1. The Bertz CT molecular complexity index is 589. The summed E-state index contributed by atoms with van der Waals surface area (Å²) in [4.78, 5) is 12.1. The molecule has 1 amide bonds. The molecule has 2 aromatic carbocycles. The molecule has 3 N–H and O–H groups in total. The Labute approximate surface area is 130 Å². The van der Waals surface area contributed by atoms with Gasteiger partial charge >= 0.3 is 0 Å². The van der Waals surface area contributed by atoms with Crippen molar-refractivity contribution in [2.24, 2.45) is 5.73 Å². The minimum Gasteiger partial charge on any atom is -0.323 e. The van der Waals surface area contributed by atoms with Gasteiger partial charge in [-0.15, -0.1) is 0 Å². The van der Waals surface area contributed by atoms with Crippen molar-refractivity contribution in [3.8, 4) is 0 Å². The number of hydrogen-bond donors (Lipinski definition) is 2. The van der Waals surface area contributed by atoms with Crippen molar-refractivity contribution >= 4 is 45.8 Å². The molecule has 2 aromatic rings. The number of anilines is 1. The smallest absolute Gasteiger partial charge is 0.245 e. The lowest BCUT2D eigenvalue weighted by molar-refractivity contribution is -0.117. The van der Waals surface area contributed by atoms with Gasteiger partial charge in [-0.3, -0.25) is 4.79 Å². The Morgan fingerprint density at radius 2 is 1.89 bits per heavy atom. The van der Waals surface area contributed by atoms with Crippen LogP contribution in [-0.4, -0.2) is 5.91 Å². The van der Waals surface area contributed by atoms with Crippen LogP contribution in [0.25, 0.3) is 0 Å². The number of rotatable bonds is 3. The van der Waals surface area contributed by atoms with Crippen LogP contribution in [0.1, 0.15) is 11.6 Å². The summed E-state index contributed by atoms with van der Waals surface area (Å²) < 4.78 is 0.874. The van der Waals surface area contributed by atoms with Crippen LogP contribution in [0, 0.1) is 3.57 Å². The van der Waals surface area contributed by atoms with Gasteiger partial charge in [0.05, 0.1) is 5.69 Å². The van der Waals surface area contributed by atoms with Gasteiger partial charge in [0.1, 0.15) is 6.04 Å². The van der Waals surface area contributed by atoms with Gasteiger partial charge in [0, 0.05) is 8.59 Å². The number of benzene rings is 2. The molecular formula is C14H12ClIN2O. The fourth-order valence-electron chi connectivity index (χ4n) is 1.61. The topological polar surface area (TPSA) is 55.1 Å². The zero-order chi connectivity index (χ0) is 13.8. The van der Waals surface area contributed by atoms with Crippen molar-refractivity contribution in [3.63, 3.8) is 0 Å². The minimum atomic E-state index is -0.687. The van der Waals surface area contributed by atoms with Crippen LogP contribution in [-0.2, 0) is 4.79 Å². The first-order chi connectivity index (χ1) is 9.08. The molecule has 0 saturated heterocycles. The molecule has 1 atom stereocenters. The number of hydrogen-bond acceptors (Lipinski definition) is 2. The quantitative estimate of drug-likeness (QED) is 0.792. The van der Waals surface area contributed by atoms with E-state index >= 15 is 0 Å². The highest BCUT2D eigenvalue weighted by molar-refractivity contribution is 14.1. The van der Waals surface area contributed by atoms with E-state index in [9.17, 15) is 4.79 Å². The normalized spacial score (nSPS) is 11.9. The summed E-state index contributed by atoms with van der Waals surface area (Å²) in [7, 11) is 0. The van der Waals surface area contributed by atoms with E-state index in [-0.39, 0.29) is 5.91 Å². The molecule has 0 aliphatic carbocycles. The molecule has 0 aromatic heterocycles. The van der Waals surface area contributed by atoms with E-state index < -0.39 is 6.04 Å². The first kappa shape index (κ1) is 14.3. The van der Waals surface area contributed by atoms with Crippen LogP contribution in [0.3, 0.4) is 0 Å². The van der Waals surface area contributed by atoms with E-state index in [0.29, 0.717) is 10.7 Å². The van der Waals surface area contributed by atoms with E-state index in [1.54, 1.807) is 18.2 Å². The molecule has 0 heterocycles. The lowest BCUT2D eigenvalue weighted by Gasteiger charge is -2.13. The maximum Gasteiger partial charge on any atom is 0.245 e. The van der Waals surface area contributed by atoms with E-state index in [2.05, 4.69) is 27.9 Å². The molecule has 2 rings (SSSR count). The molecule has 5 heteroatoms. The fraction of sp³-hybridized carbons (Fsp3) is 0.0714. The van der Waals surface area contributed by atoms with Crippen molar-refractivity contribution < 1.29 is 4.79 Å². The Hall–Kier alpha value is -1.11. The van der Waals surface area contributed by atoms with Gasteiger partial charge in [0.25, 0.3) is 0 Å².